The molecule has 3 N–H and O–H groups in total. The maximum Gasteiger partial charge on any atom is 0.354 e. The summed E-state index contributed by atoms with van der Waals surface area (Å²) < 4.78 is 25.0. The minimum absolute atomic E-state index is 0.0310. The zero-order valence-electron chi connectivity index (χ0n) is 22.9. The molecule has 0 saturated carbocycles. The average Bonchev–Trinajstić information content (AvgIpc) is 2.90. The van der Waals surface area contributed by atoms with E-state index in [0.29, 0.717) is 6.54 Å². The Morgan fingerprint density at radius 2 is 1.29 bits per heavy atom. The molecule has 0 radical (unpaired) electrons. The molecule has 212 valence electrons. The number of nitrogens with one attached hydrogen (secondary N) is 3. The van der Waals surface area contributed by atoms with Gasteiger partial charge in [-0.1, -0.05) is 108 Å². The predicted octanol–water partition coefficient (Wildman–Crippen LogP) is 6.89. The van der Waals surface area contributed by atoms with Crippen molar-refractivity contribution < 1.29 is 13.3 Å². The summed E-state index contributed by atoms with van der Waals surface area (Å²) >= 11 is 0. The number of hydrazine groups is 1. The lowest BCUT2D eigenvalue weighted by Crippen LogP contribution is -2.30. The first-order valence-electron chi connectivity index (χ1n) is 13.9. The van der Waals surface area contributed by atoms with E-state index in [4.69, 9.17) is 0 Å². The fourth-order valence-corrected chi connectivity index (χ4v) is 5.03. The summed E-state index contributed by atoms with van der Waals surface area (Å²) in [5.41, 5.74) is 2.87. The van der Waals surface area contributed by atoms with Crippen molar-refractivity contribution in [2.24, 2.45) is 0 Å². The molecule has 1 aromatic heterocycles. The summed E-state index contributed by atoms with van der Waals surface area (Å²) in [6.45, 7) is 4.63. The van der Waals surface area contributed by atoms with Crippen LogP contribution in [0.15, 0.2) is 35.5 Å². The molecule has 0 aliphatic carbocycles. The van der Waals surface area contributed by atoms with Crippen LogP contribution in [0.2, 0.25) is 0 Å². The smallest absolute Gasteiger partial charge is 0.354 e. The predicted molar refractivity (Wildman–Crippen MR) is 153 cm³/mol. The number of benzene rings is 1. The van der Waals surface area contributed by atoms with Crippen LogP contribution >= 0.6 is 0 Å². The standard InChI is InChI=1S/C27H44N6O4S/c1-3-4-5-6-7-8-9-10-11-12-13-14-15-16-21-28-26-25(33(34)35)27(30-22-29-26)31-32-38(36,37)24-19-17-23(2)18-20-24/h17-20,22,32H,3-16,21H2,1-2H3,(H2,28,29,30,31). The fourth-order valence-electron chi connectivity index (χ4n) is 4.19. The van der Waals surface area contributed by atoms with Gasteiger partial charge in [-0.25, -0.2) is 18.4 Å². The second-order valence-electron chi connectivity index (χ2n) is 9.74. The normalized spacial score (nSPS) is 11.4. The average molecular weight is 549 g/mol. The lowest BCUT2D eigenvalue weighted by Gasteiger charge is -2.11. The van der Waals surface area contributed by atoms with Crippen molar-refractivity contribution in [3.63, 3.8) is 0 Å². The summed E-state index contributed by atoms with van der Waals surface area (Å²) in [5, 5.41) is 14.7. The highest BCUT2D eigenvalue weighted by Gasteiger charge is 2.24. The third-order valence-electron chi connectivity index (χ3n) is 6.46. The molecule has 1 aromatic carbocycles. The Bertz CT molecular complexity index is 1060. The Labute approximate surface area is 227 Å². The molecule has 10 nitrogen and oxygen atoms in total. The van der Waals surface area contributed by atoms with Crippen molar-refractivity contribution in [3.05, 3.63) is 46.3 Å². The summed E-state index contributed by atoms with van der Waals surface area (Å²) in [6.07, 6.45) is 18.8. The number of nitro groups is 1. The number of nitrogens with zero attached hydrogens (tertiary/aromatic N) is 3. The molecule has 0 bridgehead atoms. The summed E-state index contributed by atoms with van der Waals surface area (Å²) in [5.74, 6) is -0.180. The SMILES string of the molecule is CCCCCCCCCCCCCCCCNc1ncnc(NNS(=O)(=O)c2ccc(C)cc2)c1[N+](=O)[O-]. The van der Waals surface area contributed by atoms with E-state index >= 15 is 0 Å². The van der Waals surface area contributed by atoms with E-state index in [1.54, 1.807) is 12.1 Å². The van der Waals surface area contributed by atoms with Gasteiger partial charge in [-0.05, 0) is 25.5 Å². The van der Waals surface area contributed by atoms with Crippen molar-refractivity contribution in [2.75, 3.05) is 17.3 Å². The van der Waals surface area contributed by atoms with Crippen LogP contribution in [0, 0.1) is 17.0 Å². The van der Waals surface area contributed by atoms with Crippen molar-refractivity contribution in [1.29, 1.82) is 0 Å². The van der Waals surface area contributed by atoms with Crippen LogP contribution in [0.4, 0.5) is 17.3 Å². The summed E-state index contributed by atoms with van der Waals surface area (Å²) in [7, 11) is -3.94. The number of sulfonamides is 1. The number of aryl methyl sites for hydroxylation is 1. The highest BCUT2D eigenvalue weighted by molar-refractivity contribution is 7.89. The Balaban J connectivity index is 1.68. The molecule has 0 spiro atoms. The number of anilines is 2. The molecule has 0 saturated heterocycles. The second-order valence-corrected chi connectivity index (χ2v) is 11.4. The molecular formula is C27H44N6O4S. The van der Waals surface area contributed by atoms with E-state index in [1.807, 2.05) is 6.92 Å². The van der Waals surface area contributed by atoms with E-state index in [-0.39, 0.29) is 16.5 Å². The Hall–Kier alpha value is -2.79. The van der Waals surface area contributed by atoms with Gasteiger partial charge >= 0.3 is 5.69 Å². The maximum atomic E-state index is 12.5. The highest BCUT2D eigenvalue weighted by Crippen LogP contribution is 2.28. The quantitative estimate of drug-likeness (QED) is 0.0870. The van der Waals surface area contributed by atoms with Gasteiger partial charge in [0.2, 0.25) is 11.6 Å². The van der Waals surface area contributed by atoms with E-state index in [1.165, 1.54) is 82.8 Å². The fraction of sp³-hybridized carbons (Fsp3) is 0.630. The summed E-state index contributed by atoms with van der Waals surface area (Å²) in [4.78, 5) is 21.1. The first-order chi connectivity index (χ1) is 18.3. The Kier molecular flexibility index (Phi) is 14.6. The van der Waals surface area contributed by atoms with E-state index < -0.39 is 20.6 Å². The lowest BCUT2D eigenvalue weighted by molar-refractivity contribution is -0.383. The zero-order chi connectivity index (χ0) is 27.6. The van der Waals surface area contributed by atoms with Crippen molar-refractivity contribution in [3.8, 4) is 0 Å². The van der Waals surface area contributed by atoms with Crippen LogP contribution in [-0.2, 0) is 10.0 Å². The number of hydrogen-bond acceptors (Lipinski definition) is 8. The molecule has 0 atom stereocenters. The van der Waals surface area contributed by atoms with Gasteiger partial charge in [0.05, 0.1) is 9.82 Å². The van der Waals surface area contributed by atoms with Crippen LogP contribution in [0.25, 0.3) is 0 Å². The van der Waals surface area contributed by atoms with Crippen LogP contribution in [0.1, 0.15) is 102 Å². The number of rotatable bonds is 21. The molecule has 2 aromatic rings. The van der Waals surface area contributed by atoms with Gasteiger partial charge in [-0.15, -0.1) is 4.83 Å². The van der Waals surface area contributed by atoms with Gasteiger partial charge in [-0.2, -0.15) is 0 Å². The second kappa shape index (κ2) is 17.7. The zero-order valence-corrected chi connectivity index (χ0v) is 23.7. The van der Waals surface area contributed by atoms with Crippen molar-refractivity contribution >= 4 is 27.3 Å². The van der Waals surface area contributed by atoms with Gasteiger partial charge < -0.3 is 5.32 Å². The van der Waals surface area contributed by atoms with Gasteiger partial charge in [0.25, 0.3) is 10.0 Å². The molecule has 38 heavy (non-hydrogen) atoms. The van der Waals surface area contributed by atoms with Gasteiger partial charge in [0, 0.05) is 6.54 Å². The molecule has 0 amide bonds. The van der Waals surface area contributed by atoms with Crippen LogP contribution in [-0.4, -0.2) is 29.9 Å². The molecular weight excluding hydrogens is 504 g/mol. The third-order valence-corrected chi connectivity index (χ3v) is 7.73. The minimum Gasteiger partial charge on any atom is -0.364 e. The highest BCUT2D eigenvalue weighted by atomic mass is 32.2. The lowest BCUT2D eigenvalue weighted by atomic mass is 10.0. The largest absolute Gasteiger partial charge is 0.364 e. The molecule has 0 unspecified atom stereocenters. The molecule has 0 aliphatic heterocycles. The van der Waals surface area contributed by atoms with Gasteiger partial charge in [0.1, 0.15) is 6.33 Å². The number of aromatic nitrogens is 2. The van der Waals surface area contributed by atoms with Gasteiger partial charge in [0.15, 0.2) is 0 Å². The molecule has 0 fully saturated rings. The number of unbranched alkanes of at least 4 members (excludes halogenated alkanes) is 13. The minimum atomic E-state index is -3.94. The van der Waals surface area contributed by atoms with Crippen LogP contribution in [0.3, 0.4) is 0 Å². The number of hydrogen-bond donors (Lipinski definition) is 3. The maximum absolute atomic E-state index is 12.5. The molecule has 11 heteroatoms. The first kappa shape index (κ1) is 31.4. The van der Waals surface area contributed by atoms with Crippen LogP contribution < -0.4 is 15.6 Å². The monoisotopic (exact) mass is 548 g/mol. The molecule has 2 rings (SSSR count). The van der Waals surface area contributed by atoms with E-state index in [0.717, 1.165) is 31.2 Å². The van der Waals surface area contributed by atoms with Crippen LogP contribution in [0.5, 0.6) is 0 Å². The van der Waals surface area contributed by atoms with E-state index in [9.17, 15) is 18.5 Å². The third kappa shape index (κ3) is 11.7. The topological polar surface area (TPSA) is 139 Å². The Morgan fingerprint density at radius 3 is 1.82 bits per heavy atom. The molecule has 1 heterocycles. The van der Waals surface area contributed by atoms with Crippen molar-refractivity contribution in [1.82, 2.24) is 14.8 Å². The van der Waals surface area contributed by atoms with E-state index in [2.05, 4.69) is 32.5 Å². The van der Waals surface area contributed by atoms with Gasteiger partial charge in [-0.3, -0.25) is 15.5 Å². The molecule has 0 aliphatic rings. The Morgan fingerprint density at radius 1 is 0.789 bits per heavy atom. The first-order valence-corrected chi connectivity index (χ1v) is 15.4. The summed E-state index contributed by atoms with van der Waals surface area (Å²) in [6, 6.07) is 6.25. The van der Waals surface area contributed by atoms with Crippen molar-refractivity contribution in [2.45, 2.75) is 109 Å².